The summed E-state index contributed by atoms with van der Waals surface area (Å²) in [7, 11) is 1.62. The SMILES string of the molecule is COc1ccc(CNC(=O)c2cccs2)cc1Br. The first-order valence-electron chi connectivity index (χ1n) is 5.35. The van der Waals surface area contributed by atoms with E-state index in [0.29, 0.717) is 6.54 Å². The highest BCUT2D eigenvalue weighted by atomic mass is 79.9. The molecule has 1 aromatic heterocycles. The molecule has 0 atom stereocenters. The fourth-order valence-electron chi connectivity index (χ4n) is 1.50. The van der Waals surface area contributed by atoms with Crippen LogP contribution >= 0.6 is 27.3 Å². The normalized spacial score (nSPS) is 10.1. The molecule has 5 heteroatoms. The number of ether oxygens (including phenoxy) is 1. The third-order valence-corrected chi connectivity index (χ3v) is 3.90. The average molecular weight is 326 g/mol. The minimum atomic E-state index is -0.0445. The predicted octanol–water partition coefficient (Wildman–Crippen LogP) is 3.45. The van der Waals surface area contributed by atoms with Crippen LogP contribution in [0.2, 0.25) is 0 Å². The van der Waals surface area contributed by atoms with Gasteiger partial charge in [0, 0.05) is 6.54 Å². The molecule has 0 aliphatic heterocycles. The lowest BCUT2D eigenvalue weighted by atomic mass is 10.2. The van der Waals surface area contributed by atoms with Crippen LogP contribution in [0.1, 0.15) is 15.2 Å². The summed E-state index contributed by atoms with van der Waals surface area (Å²) in [5, 5.41) is 4.76. The largest absolute Gasteiger partial charge is 0.496 e. The first-order valence-corrected chi connectivity index (χ1v) is 7.02. The van der Waals surface area contributed by atoms with Gasteiger partial charge in [0.05, 0.1) is 16.5 Å². The number of halogens is 1. The summed E-state index contributed by atoms with van der Waals surface area (Å²) in [4.78, 5) is 12.5. The van der Waals surface area contributed by atoms with E-state index in [1.54, 1.807) is 7.11 Å². The van der Waals surface area contributed by atoms with Crippen molar-refractivity contribution >= 4 is 33.2 Å². The van der Waals surface area contributed by atoms with E-state index in [1.807, 2.05) is 35.7 Å². The van der Waals surface area contributed by atoms with E-state index in [2.05, 4.69) is 21.2 Å². The smallest absolute Gasteiger partial charge is 0.261 e. The van der Waals surface area contributed by atoms with Crippen molar-refractivity contribution in [1.29, 1.82) is 0 Å². The van der Waals surface area contributed by atoms with Crippen LogP contribution in [-0.4, -0.2) is 13.0 Å². The van der Waals surface area contributed by atoms with E-state index >= 15 is 0 Å². The molecule has 94 valence electrons. The predicted molar refractivity (Wildman–Crippen MR) is 76.2 cm³/mol. The molecule has 0 spiro atoms. The molecule has 0 unspecified atom stereocenters. The van der Waals surface area contributed by atoms with Gasteiger partial charge in [-0.25, -0.2) is 0 Å². The van der Waals surface area contributed by atoms with Crippen molar-refractivity contribution in [3.8, 4) is 5.75 Å². The molecule has 0 saturated carbocycles. The van der Waals surface area contributed by atoms with Gasteiger partial charge in [0.2, 0.25) is 0 Å². The van der Waals surface area contributed by atoms with Crippen LogP contribution in [-0.2, 0) is 6.54 Å². The Balaban J connectivity index is 1.98. The Labute approximate surface area is 118 Å². The fraction of sp³-hybridized carbons (Fsp3) is 0.154. The van der Waals surface area contributed by atoms with Crippen molar-refractivity contribution in [2.75, 3.05) is 7.11 Å². The van der Waals surface area contributed by atoms with Crippen LogP contribution < -0.4 is 10.1 Å². The number of amides is 1. The number of rotatable bonds is 4. The number of methoxy groups -OCH3 is 1. The summed E-state index contributed by atoms with van der Waals surface area (Å²) < 4.78 is 6.03. The molecule has 0 radical (unpaired) electrons. The topological polar surface area (TPSA) is 38.3 Å². The second-order valence-electron chi connectivity index (χ2n) is 3.63. The van der Waals surface area contributed by atoms with Crippen molar-refractivity contribution in [3.05, 3.63) is 50.6 Å². The number of carbonyl (C=O) groups is 1. The molecule has 0 saturated heterocycles. The lowest BCUT2D eigenvalue weighted by molar-refractivity contribution is 0.0955. The van der Waals surface area contributed by atoms with Gasteiger partial charge in [-0.1, -0.05) is 12.1 Å². The monoisotopic (exact) mass is 325 g/mol. The highest BCUT2D eigenvalue weighted by Crippen LogP contribution is 2.25. The maximum Gasteiger partial charge on any atom is 0.261 e. The molecule has 2 aromatic rings. The molecule has 18 heavy (non-hydrogen) atoms. The van der Waals surface area contributed by atoms with Gasteiger partial charge >= 0.3 is 0 Å². The van der Waals surface area contributed by atoms with Gasteiger partial charge in [0.1, 0.15) is 5.75 Å². The molecule has 2 rings (SSSR count). The number of thiophene rings is 1. The lowest BCUT2D eigenvalue weighted by Gasteiger charge is -2.07. The van der Waals surface area contributed by atoms with E-state index in [4.69, 9.17) is 4.74 Å². The third-order valence-electron chi connectivity index (χ3n) is 2.41. The van der Waals surface area contributed by atoms with E-state index in [9.17, 15) is 4.79 Å². The Hall–Kier alpha value is -1.33. The number of nitrogens with one attached hydrogen (secondary N) is 1. The van der Waals surface area contributed by atoms with Crippen LogP contribution in [0.25, 0.3) is 0 Å². The van der Waals surface area contributed by atoms with Gasteiger partial charge in [-0.15, -0.1) is 11.3 Å². The summed E-state index contributed by atoms with van der Waals surface area (Å²) in [6.07, 6.45) is 0. The van der Waals surface area contributed by atoms with Crippen LogP contribution in [0.5, 0.6) is 5.75 Å². The van der Waals surface area contributed by atoms with Crippen molar-refractivity contribution < 1.29 is 9.53 Å². The summed E-state index contributed by atoms with van der Waals surface area (Å²) in [6, 6.07) is 9.41. The highest BCUT2D eigenvalue weighted by molar-refractivity contribution is 9.10. The van der Waals surface area contributed by atoms with Crippen molar-refractivity contribution in [2.45, 2.75) is 6.54 Å². The summed E-state index contributed by atoms with van der Waals surface area (Å²) in [5.74, 6) is 0.736. The maximum absolute atomic E-state index is 11.8. The van der Waals surface area contributed by atoms with E-state index in [0.717, 1.165) is 20.7 Å². The summed E-state index contributed by atoms with van der Waals surface area (Å²) in [6.45, 7) is 0.499. The molecule has 1 N–H and O–H groups in total. The van der Waals surface area contributed by atoms with Gasteiger partial charge in [-0.05, 0) is 45.1 Å². The molecule has 1 heterocycles. The minimum Gasteiger partial charge on any atom is -0.496 e. The van der Waals surface area contributed by atoms with Gasteiger partial charge in [-0.3, -0.25) is 4.79 Å². The first-order chi connectivity index (χ1) is 8.70. The quantitative estimate of drug-likeness (QED) is 0.935. The molecule has 1 amide bonds. The zero-order chi connectivity index (χ0) is 13.0. The van der Waals surface area contributed by atoms with Gasteiger partial charge < -0.3 is 10.1 Å². The number of hydrogen-bond donors (Lipinski definition) is 1. The fourth-order valence-corrected chi connectivity index (χ4v) is 2.73. The van der Waals surface area contributed by atoms with Crippen LogP contribution in [0.4, 0.5) is 0 Å². The van der Waals surface area contributed by atoms with E-state index in [-0.39, 0.29) is 5.91 Å². The zero-order valence-corrected chi connectivity index (χ0v) is 12.2. The average Bonchev–Trinajstić information content (AvgIpc) is 2.90. The van der Waals surface area contributed by atoms with Gasteiger partial charge in [0.15, 0.2) is 0 Å². The lowest BCUT2D eigenvalue weighted by Crippen LogP contribution is -2.21. The maximum atomic E-state index is 11.8. The second-order valence-corrected chi connectivity index (χ2v) is 5.43. The van der Waals surface area contributed by atoms with E-state index in [1.165, 1.54) is 11.3 Å². The molecule has 0 aliphatic carbocycles. The van der Waals surface area contributed by atoms with Gasteiger partial charge in [0.25, 0.3) is 5.91 Å². The summed E-state index contributed by atoms with van der Waals surface area (Å²) in [5.41, 5.74) is 1.02. The Bertz CT molecular complexity index is 540. The molecule has 0 fully saturated rings. The van der Waals surface area contributed by atoms with Gasteiger partial charge in [-0.2, -0.15) is 0 Å². The molecule has 0 bridgehead atoms. The van der Waals surface area contributed by atoms with Crippen LogP contribution in [0.3, 0.4) is 0 Å². The number of carbonyl (C=O) groups excluding carboxylic acids is 1. The Morgan fingerprint density at radius 1 is 1.44 bits per heavy atom. The molecular weight excluding hydrogens is 314 g/mol. The molecule has 3 nitrogen and oxygen atoms in total. The van der Waals surface area contributed by atoms with Crippen LogP contribution in [0, 0.1) is 0 Å². The molecule has 1 aromatic carbocycles. The van der Waals surface area contributed by atoms with E-state index < -0.39 is 0 Å². The standard InChI is InChI=1S/C13H12BrNO2S/c1-17-11-5-4-9(7-10(11)14)8-15-13(16)12-3-2-6-18-12/h2-7H,8H2,1H3,(H,15,16). The summed E-state index contributed by atoms with van der Waals surface area (Å²) >= 11 is 4.85. The van der Waals surface area contributed by atoms with Crippen molar-refractivity contribution in [1.82, 2.24) is 5.32 Å². The highest BCUT2D eigenvalue weighted by Gasteiger charge is 2.06. The number of hydrogen-bond acceptors (Lipinski definition) is 3. The Kier molecular flexibility index (Phi) is 4.38. The van der Waals surface area contributed by atoms with Crippen molar-refractivity contribution in [3.63, 3.8) is 0 Å². The molecule has 0 aliphatic rings. The minimum absolute atomic E-state index is 0.0445. The Morgan fingerprint density at radius 3 is 2.89 bits per heavy atom. The van der Waals surface area contributed by atoms with Crippen LogP contribution in [0.15, 0.2) is 40.2 Å². The Morgan fingerprint density at radius 2 is 2.28 bits per heavy atom. The molecular formula is C13H12BrNO2S. The first kappa shape index (κ1) is 13.1. The number of benzene rings is 1. The second kappa shape index (κ2) is 6.02. The third kappa shape index (κ3) is 3.11. The van der Waals surface area contributed by atoms with Crippen molar-refractivity contribution in [2.24, 2.45) is 0 Å². The zero-order valence-electron chi connectivity index (χ0n) is 9.77.